The number of likely N-dealkylation sites (tertiary alicyclic amines) is 1. The third kappa shape index (κ3) is 3.14. The van der Waals surface area contributed by atoms with Crippen molar-refractivity contribution in [1.82, 2.24) is 9.80 Å². The van der Waals surface area contributed by atoms with E-state index < -0.39 is 0 Å². The second-order valence-electron chi connectivity index (χ2n) is 6.83. The number of hydrogen-bond acceptors (Lipinski definition) is 3. The van der Waals surface area contributed by atoms with E-state index in [1.807, 2.05) is 0 Å². The van der Waals surface area contributed by atoms with Crippen LogP contribution in [0.1, 0.15) is 51.4 Å². The first-order valence-corrected chi connectivity index (χ1v) is 8.47. The fourth-order valence-corrected chi connectivity index (χ4v) is 4.60. The van der Waals surface area contributed by atoms with Crippen molar-refractivity contribution in [2.45, 2.75) is 63.5 Å². The van der Waals surface area contributed by atoms with E-state index in [4.69, 9.17) is 0 Å². The molecule has 0 aromatic carbocycles. The molecule has 3 aliphatic heterocycles. The fourth-order valence-electron chi connectivity index (χ4n) is 4.60. The van der Waals surface area contributed by atoms with Gasteiger partial charge >= 0.3 is 0 Å². The molecule has 3 saturated heterocycles. The topological polar surface area (TPSA) is 26.7 Å². The number of nitrogens with zero attached hydrogens (tertiary/aromatic N) is 2. The molecule has 0 aromatic rings. The molecule has 3 rings (SSSR count). The molecule has 110 valence electrons. The third-order valence-corrected chi connectivity index (χ3v) is 5.66. The summed E-state index contributed by atoms with van der Waals surface area (Å²) in [6.07, 6.45) is 10.9. The Hall–Kier alpha value is -0.120. The van der Waals surface area contributed by atoms with Crippen molar-refractivity contribution < 1.29 is 5.11 Å². The molecule has 0 bridgehead atoms. The molecule has 3 atom stereocenters. The van der Waals surface area contributed by atoms with Gasteiger partial charge in [-0.25, -0.2) is 0 Å². The SMILES string of the molecule is OCC1CCCCN1CC1CCCN2CCCCC12. The van der Waals surface area contributed by atoms with E-state index in [-0.39, 0.29) is 0 Å². The van der Waals surface area contributed by atoms with Crippen LogP contribution in [0.2, 0.25) is 0 Å². The standard InChI is InChI=1S/C16H30N2O/c19-13-15-7-1-3-10-18(15)12-14-6-5-11-17-9-4-2-8-16(14)17/h14-16,19H,1-13H2. The molecule has 3 nitrogen and oxygen atoms in total. The third-order valence-electron chi connectivity index (χ3n) is 5.66. The Balaban J connectivity index is 1.60. The zero-order chi connectivity index (χ0) is 13.1. The van der Waals surface area contributed by atoms with Gasteiger partial charge < -0.3 is 10.0 Å². The van der Waals surface area contributed by atoms with Crippen LogP contribution >= 0.6 is 0 Å². The fraction of sp³-hybridized carbons (Fsp3) is 1.00. The monoisotopic (exact) mass is 266 g/mol. The van der Waals surface area contributed by atoms with Crippen LogP contribution in [0.25, 0.3) is 0 Å². The van der Waals surface area contributed by atoms with Crippen LogP contribution in [0.15, 0.2) is 0 Å². The number of rotatable bonds is 3. The van der Waals surface area contributed by atoms with Gasteiger partial charge in [0.05, 0.1) is 6.61 Å². The van der Waals surface area contributed by atoms with Gasteiger partial charge in [0.1, 0.15) is 0 Å². The van der Waals surface area contributed by atoms with Gasteiger partial charge in [0.15, 0.2) is 0 Å². The van der Waals surface area contributed by atoms with E-state index in [0.717, 1.165) is 12.0 Å². The van der Waals surface area contributed by atoms with Crippen molar-refractivity contribution in [2.75, 3.05) is 32.8 Å². The molecule has 0 radical (unpaired) electrons. The number of fused-ring (bicyclic) bond motifs is 1. The molecule has 3 unspecified atom stereocenters. The number of hydrogen-bond donors (Lipinski definition) is 1. The molecule has 0 spiro atoms. The number of aliphatic hydroxyl groups excluding tert-OH is 1. The summed E-state index contributed by atoms with van der Waals surface area (Å²) in [6, 6.07) is 1.30. The van der Waals surface area contributed by atoms with Crippen molar-refractivity contribution in [3.05, 3.63) is 0 Å². The van der Waals surface area contributed by atoms with E-state index >= 15 is 0 Å². The second kappa shape index (κ2) is 6.55. The van der Waals surface area contributed by atoms with E-state index in [9.17, 15) is 5.11 Å². The van der Waals surface area contributed by atoms with Crippen LogP contribution in [0.3, 0.4) is 0 Å². The Labute approximate surface area is 118 Å². The predicted molar refractivity (Wildman–Crippen MR) is 78.2 cm³/mol. The minimum atomic E-state index is 0.362. The van der Waals surface area contributed by atoms with Crippen molar-refractivity contribution in [3.63, 3.8) is 0 Å². The molecule has 3 aliphatic rings. The van der Waals surface area contributed by atoms with Gasteiger partial charge in [0, 0.05) is 18.6 Å². The molecule has 19 heavy (non-hydrogen) atoms. The van der Waals surface area contributed by atoms with Crippen LogP contribution < -0.4 is 0 Å². The minimum Gasteiger partial charge on any atom is -0.395 e. The predicted octanol–water partition coefficient (Wildman–Crippen LogP) is 2.10. The summed E-state index contributed by atoms with van der Waals surface area (Å²) in [6.45, 7) is 5.50. The maximum absolute atomic E-state index is 9.57. The number of piperidine rings is 3. The average molecular weight is 266 g/mol. The molecule has 3 heteroatoms. The molecule has 3 fully saturated rings. The van der Waals surface area contributed by atoms with E-state index in [1.54, 1.807) is 0 Å². The summed E-state index contributed by atoms with van der Waals surface area (Å²) in [4.78, 5) is 5.36. The van der Waals surface area contributed by atoms with Crippen LogP contribution in [0.4, 0.5) is 0 Å². The highest BCUT2D eigenvalue weighted by atomic mass is 16.3. The largest absolute Gasteiger partial charge is 0.395 e. The lowest BCUT2D eigenvalue weighted by atomic mass is 9.82. The first-order valence-electron chi connectivity index (χ1n) is 8.47. The summed E-state index contributed by atoms with van der Waals surface area (Å²) < 4.78 is 0. The van der Waals surface area contributed by atoms with Gasteiger partial charge in [-0.05, 0) is 64.1 Å². The summed E-state index contributed by atoms with van der Waals surface area (Å²) in [5, 5.41) is 9.57. The molecular weight excluding hydrogens is 236 g/mol. The van der Waals surface area contributed by atoms with Gasteiger partial charge in [-0.2, -0.15) is 0 Å². The minimum absolute atomic E-state index is 0.362. The lowest BCUT2D eigenvalue weighted by molar-refractivity contribution is 0.0140. The van der Waals surface area contributed by atoms with Crippen LogP contribution in [0, 0.1) is 5.92 Å². The molecule has 0 saturated carbocycles. The zero-order valence-electron chi connectivity index (χ0n) is 12.3. The first kappa shape index (κ1) is 13.8. The summed E-state index contributed by atoms with van der Waals surface area (Å²) in [7, 11) is 0. The highest BCUT2D eigenvalue weighted by Crippen LogP contribution is 2.32. The summed E-state index contributed by atoms with van der Waals surface area (Å²) in [5.41, 5.74) is 0. The Kier molecular flexibility index (Phi) is 4.78. The average Bonchev–Trinajstić information content (AvgIpc) is 2.48. The van der Waals surface area contributed by atoms with Crippen molar-refractivity contribution in [1.29, 1.82) is 0 Å². The summed E-state index contributed by atoms with van der Waals surface area (Å²) >= 11 is 0. The van der Waals surface area contributed by atoms with E-state index in [0.29, 0.717) is 12.6 Å². The highest BCUT2D eigenvalue weighted by molar-refractivity contribution is 4.90. The molecule has 3 heterocycles. The number of aliphatic hydroxyl groups is 1. The van der Waals surface area contributed by atoms with Crippen molar-refractivity contribution in [3.8, 4) is 0 Å². The smallest absolute Gasteiger partial charge is 0.0586 e. The van der Waals surface area contributed by atoms with Gasteiger partial charge in [-0.1, -0.05) is 12.8 Å². The van der Waals surface area contributed by atoms with Gasteiger partial charge in [-0.3, -0.25) is 4.90 Å². The summed E-state index contributed by atoms with van der Waals surface area (Å²) in [5.74, 6) is 0.862. The maximum atomic E-state index is 9.57. The second-order valence-corrected chi connectivity index (χ2v) is 6.83. The Morgan fingerprint density at radius 2 is 1.63 bits per heavy atom. The highest BCUT2D eigenvalue weighted by Gasteiger charge is 2.35. The van der Waals surface area contributed by atoms with Crippen LogP contribution in [-0.2, 0) is 0 Å². The lowest BCUT2D eigenvalue weighted by Gasteiger charge is -2.47. The molecule has 0 aromatic heterocycles. The van der Waals surface area contributed by atoms with E-state index in [2.05, 4.69) is 9.80 Å². The first-order chi connectivity index (χ1) is 9.38. The zero-order valence-corrected chi connectivity index (χ0v) is 12.3. The van der Waals surface area contributed by atoms with E-state index in [1.165, 1.54) is 77.5 Å². The molecule has 0 aliphatic carbocycles. The quantitative estimate of drug-likeness (QED) is 0.847. The molecular formula is C16H30N2O. The van der Waals surface area contributed by atoms with Gasteiger partial charge in [-0.15, -0.1) is 0 Å². The lowest BCUT2D eigenvalue weighted by Crippen LogP contribution is -2.53. The Morgan fingerprint density at radius 3 is 2.53 bits per heavy atom. The van der Waals surface area contributed by atoms with Gasteiger partial charge in [0.25, 0.3) is 0 Å². The Morgan fingerprint density at radius 1 is 0.842 bits per heavy atom. The van der Waals surface area contributed by atoms with Crippen molar-refractivity contribution in [2.24, 2.45) is 5.92 Å². The Bertz CT molecular complexity index is 282. The maximum Gasteiger partial charge on any atom is 0.0586 e. The normalized spacial score (nSPS) is 38.1. The van der Waals surface area contributed by atoms with Crippen LogP contribution in [0.5, 0.6) is 0 Å². The van der Waals surface area contributed by atoms with Crippen LogP contribution in [-0.4, -0.2) is 59.8 Å². The van der Waals surface area contributed by atoms with Crippen molar-refractivity contribution >= 4 is 0 Å². The van der Waals surface area contributed by atoms with Gasteiger partial charge in [0.2, 0.25) is 0 Å². The molecule has 0 amide bonds. The molecule has 1 N–H and O–H groups in total.